The highest BCUT2D eigenvalue weighted by Crippen LogP contribution is 2.30. The summed E-state index contributed by atoms with van der Waals surface area (Å²) >= 11 is 0. The minimum absolute atomic E-state index is 0.0220. The standard InChI is InChI=1S/C12H12N2O2S/c13-11-8-4-7-10(12(11)17(14,15)16)9-5-2-1-3-6-9/h1-8H,13H2,(H2,14,15,16). The number of nitrogen functional groups attached to an aromatic ring is 1. The Bertz CT molecular complexity index is 637. The van der Waals surface area contributed by atoms with Gasteiger partial charge in [0.15, 0.2) is 0 Å². The van der Waals surface area contributed by atoms with Crippen LogP contribution in [0.1, 0.15) is 0 Å². The minimum atomic E-state index is -3.84. The molecule has 4 nitrogen and oxygen atoms in total. The molecule has 0 bridgehead atoms. The van der Waals surface area contributed by atoms with Crippen molar-refractivity contribution in [2.24, 2.45) is 5.14 Å². The van der Waals surface area contributed by atoms with Crippen LogP contribution in [0, 0.1) is 0 Å². The summed E-state index contributed by atoms with van der Waals surface area (Å²) in [6.07, 6.45) is 0. The predicted octanol–water partition coefficient (Wildman–Crippen LogP) is 1.58. The van der Waals surface area contributed by atoms with Gasteiger partial charge < -0.3 is 5.73 Å². The van der Waals surface area contributed by atoms with Gasteiger partial charge >= 0.3 is 0 Å². The average molecular weight is 248 g/mol. The highest BCUT2D eigenvalue weighted by atomic mass is 32.2. The summed E-state index contributed by atoms with van der Waals surface area (Å²) in [5, 5.41) is 5.19. The van der Waals surface area contributed by atoms with E-state index in [1.807, 2.05) is 30.3 Å². The molecule has 0 aliphatic carbocycles. The molecule has 0 unspecified atom stereocenters. The molecule has 0 aliphatic rings. The van der Waals surface area contributed by atoms with E-state index in [-0.39, 0.29) is 10.6 Å². The second-order valence-electron chi connectivity index (χ2n) is 3.63. The third-order valence-electron chi connectivity index (χ3n) is 2.41. The number of anilines is 1. The average Bonchev–Trinajstić information content (AvgIpc) is 2.28. The van der Waals surface area contributed by atoms with E-state index >= 15 is 0 Å². The molecule has 2 aromatic carbocycles. The summed E-state index contributed by atoms with van der Waals surface area (Å²) in [6.45, 7) is 0. The third kappa shape index (κ3) is 2.30. The fourth-order valence-electron chi connectivity index (χ4n) is 1.72. The smallest absolute Gasteiger partial charge is 0.240 e. The van der Waals surface area contributed by atoms with E-state index in [2.05, 4.69) is 0 Å². The van der Waals surface area contributed by atoms with Crippen LogP contribution in [0.25, 0.3) is 11.1 Å². The first-order valence-corrected chi connectivity index (χ1v) is 6.51. The van der Waals surface area contributed by atoms with E-state index in [0.717, 1.165) is 5.56 Å². The number of rotatable bonds is 2. The van der Waals surface area contributed by atoms with E-state index in [1.54, 1.807) is 12.1 Å². The number of nitrogens with two attached hydrogens (primary N) is 2. The molecular weight excluding hydrogens is 236 g/mol. The Morgan fingerprint density at radius 2 is 1.53 bits per heavy atom. The number of primary sulfonamides is 1. The Labute approximate surface area is 99.9 Å². The monoisotopic (exact) mass is 248 g/mol. The molecule has 0 amide bonds. The summed E-state index contributed by atoms with van der Waals surface area (Å²) < 4.78 is 23.1. The fraction of sp³-hybridized carbons (Fsp3) is 0. The van der Waals surface area contributed by atoms with Crippen molar-refractivity contribution in [1.82, 2.24) is 0 Å². The van der Waals surface area contributed by atoms with Crippen molar-refractivity contribution >= 4 is 15.7 Å². The maximum Gasteiger partial charge on any atom is 0.240 e. The van der Waals surface area contributed by atoms with E-state index in [0.29, 0.717) is 5.56 Å². The molecule has 2 rings (SSSR count). The van der Waals surface area contributed by atoms with Crippen molar-refractivity contribution in [2.45, 2.75) is 4.90 Å². The Kier molecular flexibility index (Phi) is 2.87. The zero-order chi connectivity index (χ0) is 12.5. The molecule has 0 heterocycles. The molecule has 17 heavy (non-hydrogen) atoms. The van der Waals surface area contributed by atoms with Gasteiger partial charge in [0.05, 0.1) is 5.69 Å². The van der Waals surface area contributed by atoms with Crippen molar-refractivity contribution in [3.05, 3.63) is 48.5 Å². The van der Waals surface area contributed by atoms with Crippen molar-refractivity contribution < 1.29 is 8.42 Å². The molecule has 2 aromatic rings. The van der Waals surface area contributed by atoms with Crippen LogP contribution >= 0.6 is 0 Å². The fourth-order valence-corrected chi connectivity index (χ4v) is 2.61. The van der Waals surface area contributed by atoms with Crippen LogP contribution in [-0.4, -0.2) is 8.42 Å². The third-order valence-corrected chi connectivity index (χ3v) is 3.44. The lowest BCUT2D eigenvalue weighted by Gasteiger charge is -2.10. The molecule has 0 fully saturated rings. The van der Waals surface area contributed by atoms with Gasteiger partial charge in [-0.3, -0.25) is 0 Å². The topological polar surface area (TPSA) is 86.2 Å². The number of hydrogen-bond donors (Lipinski definition) is 2. The maximum atomic E-state index is 11.5. The van der Waals surface area contributed by atoms with Gasteiger partial charge in [-0.25, -0.2) is 13.6 Å². The van der Waals surface area contributed by atoms with Crippen molar-refractivity contribution in [1.29, 1.82) is 0 Å². The van der Waals surface area contributed by atoms with Crippen LogP contribution in [0.15, 0.2) is 53.4 Å². The van der Waals surface area contributed by atoms with Gasteiger partial charge in [-0.05, 0) is 11.6 Å². The van der Waals surface area contributed by atoms with Gasteiger partial charge in [0, 0.05) is 5.56 Å². The highest BCUT2D eigenvalue weighted by Gasteiger charge is 2.18. The summed E-state index contributed by atoms with van der Waals surface area (Å²) in [5.41, 5.74) is 7.14. The van der Waals surface area contributed by atoms with Crippen molar-refractivity contribution in [2.75, 3.05) is 5.73 Å². The van der Waals surface area contributed by atoms with Crippen molar-refractivity contribution in [3.8, 4) is 11.1 Å². The molecule has 0 saturated heterocycles. The van der Waals surface area contributed by atoms with Crippen LogP contribution in [0.2, 0.25) is 0 Å². The first-order chi connectivity index (χ1) is 8.00. The van der Waals surface area contributed by atoms with Crippen molar-refractivity contribution in [3.63, 3.8) is 0 Å². The van der Waals surface area contributed by atoms with Gasteiger partial charge in [0.25, 0.3) is 0 Å². The first kappa shape index (κ1) is 11.6. The molecule has 4 N–H and O–H groups in total. The van der Waals surface area contributed by atoms with E-state index in [1.165, 1.54) is 6.07 Å². The maximum absolute atomic E-state index is 11.5. The van der Waals surface area contributed by atoms with Gasteiger partial charge in [0.2, 0.25) is 10.0 Å². The molecule has 0 aromatic heterocycles. The zero-order valence-electron chi connectivity index (χ0n) is 9.00. The quantitative estimate of drug-likeness (QED) is 0.791. The summed E-state index contributed by atoms with van der Waals surface area (Å²) in [5.74, 6) is 0. The van der Waals surface area contributed by atoms with E-state index < -0.39 is 10.0 Å². The summed E-state index contributed by atoms with van der Waals surface area (Å²) in [7, 11) is -3.84. The number of sulfonamides is 1. The zero-order valence-corrected chi connectivity index (χ0v) is 9.81. The van der Waals surface area contributed by atoms with Gasteiger partial charge in [-0.1, -0.05) is 42.5 Å². The van der Waals surface area contributed by atoms with Gasteiger partial charge in [0.1, 0.15) is 4.90 Å². The Hall–Kier alpha value is -1.85. The minimum Gasteiger partial charge on any atom is -0.398 e. The number of benzene rings is 2. The van der Waals surface area contributed by atoms with Crippen LogP contribution in [0.3, 0.4) is 0 Å². The molecule has 0 radical (unpaired) electrons. The van der Waals surface area contributed by atoms with Gasteiger partial charge in [-0.15, -0.1) is 0 Å². The Morgan fingerprint density at radius 3 is 2.12 bits per heavy atom. The Morgan fingerprint density at radius 1 is 0.882 bits per heavy atom. The molecule has 0 aliphatic heterocycles. The lowest BCUT2D eigenvalue weighted by Crippen LogP contribution is -2.15. The molecule has 0 spiro atoms. The molecule has 0 atom stereocenters. The largest absolute Gasteiger partial charge is 0.398 e. The highest BCUT2D eigenvalue weighted by molar-refractivity contribution is 7.89. The van der Waals surface area contributed by atoms with Crippen LogP contribution in [0.5, 0.6) is 0 Å². The van der Waals surface area contributed by atoms with E-state index in [9.17, 15) is 8.42 Å². The molecular formula is C12H12N2O2S. The van der Waals surface area contributed by atoms with E-state index in [4.69, 9.17) is 10.9 Å². The second kappa shape index (κ2) is 4.20. The molecule has 5 heteroatoms. The lowest BCUT2D eigenvalue weighted by molar-refractivity contribution is 0.598. The van der Waals surface area contributed by atoms with Gasteiger partial charge in [-0.2, -0.15) is 0 Å². The van der Waals surface area contributed by atoms with Crippen LogP contribution < -0.4 is 10.9 Å². The van der Waals surface area contributed by atoms with Crippen LogP contribution in [-0.2, 0) is 10.0 Å². The lowest BCUT2D eigenvalue weighted by atomic mass is 10.1. The first-order valence-electron chi connectivity index (χ1n) is 4.97. The number of hydrogen-bond acceptors (Lipinski definition) is 3. The SMILES string of the molecule is Nc1cccc(-c2ccccc2)c1S(N)(=O)=O. The second-order valence-corrected chi connectivity index (χ2v) is 5.13. The Balaban J connectivity index is 2.76. The molecule has 88 valence electrons. The predicted molar refractivity (Wildman–Crippen MR) is 67.7 cm³/mol. The van der Waals surface area contributed by atoms with Crippen LogP contribution in [0.4, 0.5) is 5.69 Å². The summed E-state index contributed by atoms with van der Waals surface area (Å²) in [6, 6.07) is 14.0. The normalized spacial score (nSPS) is 11.4. The summed E-state index contributed by atoms with van der Waals surface area (Å²) in [4.78, 5) is -0.0220. The molecule has 0 saturated carbocycles.